The van der Waals surface area contributed by atoms with Gasteiger partial charge in [0, 0.05) is 30.0 Å². The van der Waals surface area contributed by atoms with Gasteiger partial charge in [0.25, 0.3) is 0 Å². The first-order chi connectivity index (χ1) is 15.1. The van der Waals surface area contributed by atoms with Crippen molar-refractivity contribution in [3.8, 4) is 5.75 Å². The average molecular weight is 525 g/mol. The lowest BCUT2D eigenvalue weighted by molar-refractivity contribution is -0.130. The van der Waals surface area contributed by atoms with Gasteiger partial charge in [-0.1, -0.05) is 53.2 Å². The number of sulfonamides is 1. The molecule has 0 aromatic heterocycles. The van der Waals surface area contributed by atoms with Crippen LogP contribution in [0.25, 0.3) is 0 Å². The van der Waals surface area contributed by atoms with E-state index >= 15 is 0 Å². The summed E-state index contributed by atoms with van der Waals surface area (Å²) in [7, 11) is -2.14. The van der Waals surface area contributed by atoms with Crippen LogP contribution < -0.4 is 4.74 Å². The number of aliphatic hydroxyl groups excluding tert-OH is 1. The average Bonchev–Trinajstić information content (AvgIpc) is 2.76. The number of amides is 1. The fourth-order valence-corrected chi connectivity index (χ4v) is 5.86. The first kappa shape index (κ1) is 24.7. The molecule has 1 heterocycles. The van der Waals surface area contributed by atoms with Crippen molar-refractivity contribution >= 4 is 31.9 Å². The molecule has 1 aliphatic heterocycles. The molecule has 1 aliphatic rings. The SMILES string of the molecule is C[C@H]1CN([C@@H](C)CO)S(=O)(=O)c2ccc(Br)cc2O[C@H]1CN(C)C(=O)Cc1ccccc1. The molecule has 1 N–H and O–H groups in total. The van der Waals surface area contributed by atoms with Crippen molar-refractivity contribution < 1.29 is 23.1 Å². The Balaban J connectivity index is 1.89. The normalized spacial score (nSPS) is 21.5. The van der Waals surface area contributed by atoms with Gasteiger partial charge < -0.3 is 14.7 Å². The highest BCUT2D eigenvalue weighted by atomic mass is 79.9. The van der Waals surface area contributed by atoms with Crippen molar-refractivity contribution in [1.29, 1.82) is 0 Å². The van der Waals surface area contributed by atoms with E-state index in [1.165, 1.54) is 10.4 Å². The predicted molar refractivity (Wildman–Crippen MR) is 126 cm³/mol. The maximum absolute atomic E-state index is 13.3. The van der Waals surface area contributed by atoms with E-state index < -0.39 is 22.2 Å². The molecule has 2 aromatic carbocycles. The highest BCUT2D eigenvalue weighted by Crippen LogP contribution is 2.35. The Morgan fingerprint density at radius 2 is 1.97 bits per heavy atom. The van der Waals surface area contributed by atoms with Gasteiger partial charge in [-0.2, -0.15) is 4.31 Å². The molecule has 7 nitrogen and oxygen atoms in total. The summed E-state index contributed by atoms with van der Waals surface area (Å²) in [4.78, 5) is 14.5. The van der Waals surface area contributed by atoms with Gasteiger partial charge in [-0.15, -0.1) is 0 Å². The zero-order chi connectivity index (χ0) is 23.5. The smallest absolute Gasteiger partial charge is 0.247 e. The second-order valence-electron chi connectivity index (χ2n) is 8.27. The van der Waals surface area contributed by atoms with Crippen LogP contribution >= 0.6 is 15.9 Å². The molecule has 3 atom stereocenters. The Labute approximate surface area is 198 Å². The minimum absolute atomic E-state index is 0.0447. The molecule has 0 saturated carbocycles. The molecule has 9 heteroatoms. The van der Waals surface area contributed by atoms with Crippen LogP contribution in [0.15, 0.2) is 57.9 Å². The second kappa shape index (κ2) is 10.3. The fourth-order valence-electron chi connectivity index (χ4n) is 3.69. The molecule has 0 unspecified atom stereocenters. The molecule has 1 amide bonds. The Morgan fingerprint density at radius 3 is 2.62 bits per heavy atom. The molecule has 3 rings (SSSR count). The molecule has 0 radical (unpaired) electrons. The number of hydrogen-bond acceptors (Lipinski definition) is 5. The molecule has 32 heavy (non-hydrogen) atoms. The lowest BCUT2D eigenvalue weighted by Crippen LogP contribution is -2.50. The monoisotopic (exact) mass is 524 g/mol. The number of likely N-dealkylation sites (N-methyl/N-ethyl adjacent to an activating group) is 1. The van der Waals surface area contributed by atoms with Gasteiger partial charge in [-0.05, 0) is 30.7 Å². The third kappa shape index (κ3) is 5.51. The summed E-state index contributed by atoms with van der Waals surface area (Å²) in [5, 5.41) is 9.69. The quantitative estimate of drug-likeness (QED) is 0.627. The standard InChI is InChI=1S/C23H29BrN2O5S/c1-16-13-26(17(2)15-27)32(29,30)22-10-9-19(24)12-20(22)31-21(16)14-25(3)23(28)11-18-7-5-4-6-8-18/h4-10,12,16-17,21,27H,11,13-15H2,1-3H3/t16-,17-,21-/m0/s1. The van der Waals surface area contributed by atoms with E-state index in [-0.39, 0.29) is 42.0 Å². The Morgan fingerprint density at radius 1 is 1.28 bits per heavy atom. The molecule has 0 aliphatic carbocycles. The van der Waals surface area contributed by atoms with Crippen LogP contribution in [0.3, 0.4) is 0 Å². The number of halogens is 1. The summed E-state index contributed by atoms with van der Waals surface area (Å²) in [6, 6.07) is 13.7. The van der Waals surface area contributed by atoms with Crippen molar-refractivity contribution in [2.75, 3.05) is 26.7 Å². The largest absolute Gasteiger partial charge is 0.487 e. The van der Waals surface area contributed by atoms with Gasteiger partial charge >= 0.3 is 0 Å². The first-order valence-electron chi connectivity index (χ1n) is 10.5. The van der Waals surface area contributed by atoms with Gasteiger partial charge in [0.2, 0.25) is 15.9 Å². The molecular weight excluding hydrogens is 496 g/mol. The summed E-state index contributed by atoms with van der Waals surface area (Å²) in [6.07, 6.45) is -0.153. The number of rotatable bonds is 6. The summed E-state index contributed by atoms with van der Waals surface area (Å²) in [5.41, 5.74) is 0.930. The van der Waals surface area contributed by atoms with Gasteiger partial charge in [0.1, 0.15) is 16.7 Å². The molecule has 0 fully saturated rings. The van der Waals surface area contributed by atoms with Crippen LogP contribution in [0.2, 0.25) is 0 Å². The Bertz CT molecular complexity index is 1050. The van der Waals surface area contributed by atoms with Crippen LogP contribution in [0.4, 0.5) is 0 Å². The number of fused-ring (bicyclic) bond motifs is 1. The number of carbonyl (C=O) groups excluding carboxylic acids is 1. The van der Waals surface area contributed by atoms with E-state index in [9.17, 15) is 18.3 Å². The number of ether oxygens (including phenoxy) is 1. The minimum atomic E-state index is -3.87. The molecule has 0 spiro atoms. The van der Waals surface area contributed by atoms with Crippen LogP contribution in [0, 0.1) is 5.92 Å². The van der Waals surface area contributed by atoms with Crippen LogP contribution in [-0.2, 0) is 21.2 Å². The molecular formula is C23H29BrN2O5S. The third-order valence-electron chi connectivity index (χ3n) is 5.71. The highest BCUT2D eigenvalue weighted by molar-refractivity contribution is 9.10. The van der Waals surface area contributed by atoms with Crippen molar-refractivity contribution in [3.05, 3.63) is 58.6 Å². The van der Waals surface area contributed by atoms with Gasteiger partial charge in [0.05, 0.1) is 19.6 Å². The van der Waals surface area contributed by atoms with Crippen molar-refractivity contribution in [3.63, 3.8) is 0 Å². The van der Waals surface area contributed by atoms with E-state index in [1.54, 1.807) is 31.0 Å². The molecule has 0 bridgehead atoms. The number of carbonyl (C=O) groups is 1. The van der Waals surface area contributed by atoms with E-state index in [2.05, 4.69) is 15.9 Å². The summed E-state index contributed by atoms with van der Waals surface area (Å²) < 4.78 is 34.9. The van der Waals surface area contributed by atoms with Crippen molar-refractivity contribution in [2.45, 2.75) is 37.3 Å². The Kier molecular flexibility index (Phi) is 7.97. The highest BCUT2D eigenvalue weighted by Gasteiger charge is 2.38. The second-order valence-corrected chi connectivity index (χ2v) is 11.0. The van der Waals surface area contributed by atoms with Crippen molar-refractivity contribution in [2.24, 2.45) is 5.92 Å². The van der Waals surface area contributed by atoms with E-state index in [0.717, 1.165) is 5.56 Å². The van der Waals surface area contributed by atoms with E-state index in [1.807, 2.05) is 37.3 Å². The third-order valence-corrected chi connectivity index (χ3v) is 8.22. The first-order valence-corrected chi connectivity index (χ1v) is 12.7. The number of hydrogen-bond donors (Lipinski definition) is 1. The lowest BCUT2D eigenvalue weighted by atomic mass is 10.0. The number of nitrogens with zero attached hydrogens (tertiary/aromatic N) is 2. The zero-order valence-electron chi connectivity index (χ0n) is 18.4. The summed E-state index contributed by atoms with van der Waals surface area (Å²) in [6.45, 7) is 3.76. The van der Waals surface area contributed by atoms with E-state index in [0.29, 0.717) is 11.0 Å². The minimum Gasteiger partial charge on any atom is -0.487 e. The van der Waals surface area contributed by atoms with Crippen molar-refractivity contribution in [1.82, 2.24) is 9.21 Å². The van der Waals surface area contributed by atoms with E-state index in [4.69, 9.17) is 4.74 Å². The summed E-state index contributed by atoms with van der Waals surface area (Å²) >= 11 is 3.38. The van der Waals surface area contributed by atoms with Gasteiger partial charge in [0.15, 0.2) is 0 Å². The molecule has 174 valence electrons. The van der Waals surface area contributed by atoms with Gasteiger partial charge in [-0.25, -0.2) is 8.42 Å². The fraction of sp³-hybridized carbons (Fsp3) is 0.435. The van der Waals surface area contributed by atoms with Crippen LogP contribution in [0.1, 0.15) is 19.4 Å². The maximum Gasteiger partial charge on any atom is 0.247 e. The Hall–Kier alpha value is -1.94. The number of benzene rings is 2. The van der Waals surface area contributed by atoms with Crippen LogP contribution in [0.5, 0.6) is 5.75 Å². The maximum atomic E-state index is 13.3. The molecule has 2 aromatic rings. The zero-order valence-corrected chi connectivity index (χ0v) is 20.8. The summed E-state index contributed by atoms with van der Waals surface area (Å²) in [5.74, 6) is -0.0374. The predicted octanol–water partition coefficient (Wildman–Crippen LogP) is 2.92. The van der Waals surface area contributed by atoms with Crippen LogP contribution in [-0.4, -0.2) is 67.5 Å². The van der Waals surface area contributed by atoms with Gasteiger partial charge in [-0.3, -0.25) is 4.79 Å². The lowest BCUT2D eigenvalue weighted by Gasteiger charge is -2.37. The number of aliphatic hydroxyl groups is 1. The molecule has 0 saturated heterocycles. The topological polar surface area (TPSA) is 87.2 Å².